The molecular formula is C19H29FN4O2. The van der Waals surface area contributed by atoms with Crippen LogP contribution in [0.5, 0.6) is 0 Å². The zero-order chi connectivity index (χ0) is 18.2. The molecule has 7 heteroatoms. The van der Waals surface area contributed by atoms with Gasteiger partial charge >= 0.3 is 0 Å². The average molecular weight is 364 g/mol. The van der Waals surface area contributed by atoms with Gasteiger partial charge in [-0.2, -0.15) is 5.10 Å². The van der Waals surface area contributed by atoms with Gasteiger partial charge in [-0.15, -0.1) is 0 Å². The molecule has 2 aliphatic heterocycles. The molecule has 0 aromatic carbocycles. The van der Waals surface area contributed by atoms with Gasteiger partial charge in [0.05, 0.1) is 31.5 Å². The molecule has 0 radical (unpaired) electrons. The van der Waals surface area contributed by atoms with Crippen molar-refractivity contribution in [3.05, 3.63) is 18.0 Å². The summed E-state index contributed by atoms with van der Waals surface area (Å²) >= 11 is 0. The number of likely N-dealkylation sites (tertiary alicyclic amines) is 2. The van der Waals surface area contributed by atoms with E-state index < -0.39 is 11.1 Å². The van der Waals surface area contributed by atoms with E-state index in [1.54, 1.807) is 17.3 Å². The molecular weight excluding hydrogens is 335 g/mol. The minimum atomic E-state index is -1.44. The Bertz CT molecular complexity index is 660. The number of rotatable bonds is 5. The van der Waals surface area contributed by atoms with E-state index >= 15 is 4.39 Å². The Morgan fingerprint density at radius 1 is 1.15 bits per heavy atom. The van der Waals surface area contributed by atoms with Crippen molar-refractivity contribution in [3.8, 4) is 0 Å². The maximum Gasteiger partial charge on any atom is 0.257 e. The third kappa shape index (κ3) is 3.05. The summed E-state index contributed by atoms with van der Waals surface area (Å²) in [5.41, 5.74) is -1.70. The third-order valence-corrected chi connectivity index (χ3v) is 6.68. The molecule has 2 saturated heterocycles. The number of halogens is 1. The van der Waals surface area contributed by atoms with Gasteiger partial charge in [0.15, 0.2) is 0 Å². The van der Waals surface area contributed by atoms with Crippen molar-refractivity contribution < 1.29 is 14.3 Å². The lowest BCUT2D eigenvalue weighted by Crippen LogP contribution is -2.41. The zero-order valence-electron chi connectivity index (χ0n) is 15.4. The molecule has 3 aliphatic rings. The van der Waals surface area contributed by atoms with Crippen LogP contribution in [-0.4, -0.2) is 75.6 Å². The number of amides is 1. The predicted molar refractivity (Wildman–Crippen MR) is 95.6 cm³/mol. The van der Waals surface area contributed by atoms with Crippen molar-refractivity contribution in [1.29, 1.82) is 0 Å². The maximum absolute atomic E-state index is 15.2. The van der Waals surface area contributed by atoms with Gasteiger partial charge in [-0.05, 0) is 45.2 Å². The van der Waals surface area contributed by atoms with Crippen LogP contribution in [0.4, 0.5) is 4.39 Å². The van der Waals surface area contributed by atoms with Crippen molar-refractivity contribution in [2.75, 3.05) is 39.3 Å². The Kier molecular flexibility index (Phi) is 4.77. The number of fused-ring (bicyclic) bond motifs is 1. The lowest BCUT2D eigenvalue weighted by Gasteiger charge is -2.30. The fourth-order valence-electron chi connectivity index (χ4n) is 5.01. The molecule has 1 saturated carbocycles. The number of piperidine rings is 1. The van der Waals surface area contributed by atoms with Crippen molar-refractivity contribution in [2.24, 2.45) is 5.41 Å². The smallest absolute Gasteiger partial charge is 0.257 e. The quantitative estimate of drug-likeness (QED) is 0.864. The monoisotopic (exact) mass is 364 g/mol. The lowest BCUT2D eigenvalue weighted by atomic mass is 9.79. The van der Waals surface area contributed by atoms with E-state index in [0.717, 1.165) is 32.6 Å². The summed E-state index contributed by atoms with van der Waals surface area (Å²) in [6, 6.07) is 0. The summed E-state index contributed by atoms with van der Waals surface area (Å²) < 4.78 is 17.0. The molecule has 4 rings (SSSR count). The van der Waals surface area contributed by atoms with E-state index in [2.05, 4.69) is 10.00 Å². The maximum atomic E-state index is 15.2. The molecule has 1 aliphatic carbocycles. The first-order valence-corrected chi connectivity index (χ1v) is 9.89. The van der Waals surface area contributed by atoms with E-state index in [0.29, 0.717) is 24.9 Å². The number of carbonyl (C=O) groups is 1. The first-order valence-electron chi connectivity index (χ1n) is 9.89. The number of aromatic nitrogens is 2. The first kappa shape index (κ1) is 17.9. The minimum Gasteiger partial charge on any atom is -0.396 e. The van der Waals surface area contributed by atoms with Crippen molar-refractivity contribution in [1.82, 2.24) is 19.6 Å². The highest BCUT2D eigenvalue weighted by Crippen LogP contribution is 2.54. The van der Waals surface area contributed by atoms with Crippen LogP contribution in [0, 0.1) is 5.41 Å². The van der Waals surface area contributed by atoms with Crippen molar-refractivity contribution in [3.63, 3.8) is 0 Å². The molecule has 26 heavy (non-hydrogen) atoms. The normalized spacial score (nSPS) is 32.2. The van der Waals surface area contributed by atoms with E-state index in [1.165, 1.54) is 19.3 Å². The van der Waals surface area contributed by atoms with Gasteiger partial charge < -0.3 is 14.9 Å². The molecule has 0 spiro atoms. The lowest BCUT2D eigenvalue weighted by molar-refractivity contribution is 0.0202. The van der Waals surface area contributed by atoms with Gasteiger partial charge in [-0.25, -0.2) is 4.39 Å². The standard InChI is InChI=1S/C19H29FN4O2/c20-19-6-4-5-18(19,15-25)13-23(14-19)17(26)16-11-21-24(12-16)10-9-22-7-2-1-3-8-22/h11-12,25H,1-10,13-15H2/t18-,19-/m1/s1. The highest BCUT2D eigenvalue weighted by Gasteiger charge is 2.62. The number of aliphatic hydroxyl groups excluding tert-OH is 1. The highest BCUT2D eigenvalue weighted by molar-refractivity contribution is 5.94. The second kappa shape index (κ2) is 6.93. The Labute approximate surface area is 154 Å². The Morgan fingerprint density at radius 2 is 1.96 bits per heavy atom. The molecule has 3 fully saturated rings. The van der Waals surface area contributed by atoms with E-state index in [4.69, 9.17) is 0 Å². The number of nitrogens with zero attached hydrogens (tertiary/aromatic N) is 4. The number of hydrogen-bond donors (Lipinski definition) is 1. The highest BCUT2D eigenvalue weighted by atomic mass is 19.1. The van der Waals surface area contributed by atoms with Gasteiger partial charge in [0.25, 0.3) is 5.91 Å². The Balaban J connectivity index is 1.38. The van der Waals surface area contributed by atoms with Crippen LogP contribution in [0.1, 0.15) is 48.9 Å². The zero-order valence-corrected chi connectivity index (χ0v) is 15.4. The number of hydrogen-bond acceptors (Lipinski definition) is 4. The second-order valence-corrected chi connectivity index (χ2v) is 8.31. The van der Waals surface area contributed by atoms with Crippen LogP contribution in [0.25, 0.3) is 0 Å². The molecule has 1 aromatic rings. The summed E-state index contributed by atoms with van der Waals surface area (Å²) in [5, 5.41) is 14.1. The molecule has 6 nitrogen and oxygen atoms in total. The van der Waals surface area contributed by atoms with E-state index in [9.17, 15) is 9.90 Å². The SMILES string of the molecule is O=C(c1cnn(CCN2CCCCC2)c1)N1C[C@]2(F)CCC[C@]2(CO)C1. The first-order chi connectivity index (χ1) is 12.6. The van der Waals surface area contributed by atoms with E-state index in [1.807, 2.05) is 4.68 Å². The summed E-state index contributed by atoms with van der Waals surface area (Å²) in [4.78, 5) is 16.8. The number of carbonyl (C=O) groups excluding carboxylic acids is 1. The van der Waals surface area contributed by atoms with Gasteiger partial charge in [0, 0.05) is 24.7 Å². The summed E-state index contributed by atoms with van der Waals surface area (Å²) in [6.45, 7) is 4.19. The fraction of sp³-hybridized carbons (Fsp3) is 0.789. The number of alkyl halides is 1. The molecule has 1 aromatic heterocycles. The second-order valence-electron chi connectivity index (χ2n) is 8.31. The van der Waals surface area contributed by atoms with E-state index in [-0.39, 0.29) is 19.1 Å². The molecule has 144 valence electrons. The fourth-order valence-corrected chi connectivity index (χ4v) is 5.01. The largest absolute Gasteiger partial charge is 0.396 e. The van der Waals surface area contributed by atoms with Gasteiger partial charge in [0.2, 0.25) is 0 Å². The Hall–Kier alpha value is -1.47. The predicted octanol–water partition coefficient (Wildman–Crippen LogP) is 1.70. The molecule has 3 heterocycles. The number of aliphatic hydroxyl groups is 1. The minimum absolute atomic E-state index is 0.0886. The Morgan fingerprint density at radius 3 is 2.69 bits per heavy atom. The van der Waals surface area contributed by atoms with Crippen molar-refractivity contribution >= 4 is 5.91 Å². The van der Waals surface area contributed by atoms with Gasteiger partial charge in [0.1, 0.15) is 5.67 Å². The molecule has 0 unspecified atom stereocenters. The topological polar surface area (TPSA) is 61.6 Å². The average Bonchev–Trinajstić information content (AvgIpc) is 3.31. The molecule has 0 bridgehead atoms. The molecule has 1 N–H and O–H groups in total. The van der Waals surface area contributed by atoms with Crippen LogP contribution < -0.4 is 0 Å². The molecule has 2 atom stereocenters. The van der Waals surface area contributed by atoms with Crippen molar-refractivity contribution in [2.45, 2.75) is 50.7 Å². The van der Waals surface area contributed by atoms with Crippen LogP contribution in [0.2, 0.25) is 0 Å². The van der Waals surface area contributed by atoms with Crippen LogP contribution in [-0.2, 0) is 6.54 Å². The summed E-state index contributed by atoms with van der Waals surface area (Å²) in [5.74, 6) is -0.173. The van der Waals surface area contributed by atoms with Crippen LogP contribution >= 0.6 is 0 Å². The van der Waals surface area contributed by atoms with Crippen LogP contribution in [0.15, 0.2) is 12.4 Å². The van der Waals surface area contributed by atoms with Crippen LogP contribution in [0.3, 0.4) is 0 Å². The third-order valence-electron chi connectivity index (χ3n) is 6.68. The van der Waals surface area contributed by atoms with Gasteiger partial charge in [-0.3, -0.25) is 9.48 Å². The molecule has 1 amide bonds. The van der Waals surface area contributed by atoms with Gasteiger partial charge in [-0.1, -0.05) is 6.42 Å². The summed E-state index contributed by atoms with van der Waals surface area (Å²) in [7, 11) is 0. The summed E-state index contributed by atoms with van der Waals surface area (Å²) in [6.07, 6.45) is 9.07.